The summed E-state index contributed by atoms with van der Waals surface area (Å²) in [6.07, 6.45) is 5.17. The van der Waals surface area contributed by atoms with Gasteiger partial charge in [0.25, 0.3) is 0 Å². The Bertz CT molecular complexity index is 179. The second-order valence-corrected chi connectivity index (χ2v) is 5.28. The average Bonchev–Trinajstić information content (AvgIpc) is 2.67. The minimum Gasteiger partial charge on any atom is -0.381 e. The third-order valence-electron chi connectivity index (χ3n) is 3.49. The van der Waals surface area contributed by atoms with Crippen molar-refractivity contribution in [3.8, 4) is 0 Å². The molecule has 0 radical (unpaired) electrons. The van der Waals surface area contributed by atoms with Gasteiger partial charge in [0.15, 0.2) is 0 Å². The summed E-state index contributed by atoms with van der Waals surface area (Å²) in [5.74, 6) is 0. The van der Waals surface area contributed by atoms with Crippen LogP contribution in [0.5, 0.6) is 0 Å². The lowest BCUT2D eigenvalue weighted by atomic mass is 9.86. The van der Waals surface area contributed by atoms with E-state index in [0.717, 1.165) is 26.3 Å². The molecule has 3 heteroatoms. The summed E-state index contributed by atoms with van der Waals surface area (Å²) in [6, 6.07) is 0. The molecule has 1 rings (SSSR count). The normalized spacial score (nSPS) is 25.5. The highest BCUT2D eigenvalue weighted by atomic mass is 16.5. The first-order valence-corrected chi connectivity index (χ1v) is 6.63. The fraction of sp³-hybridized carbons (Fsp3) is 1.00. The Balaban J connectivity index is 2.30. The van der Waals surface area contributed by atoms with Gasteiger partial charge in [0.2, 0.25) is 0 Å². The summed E-state index contributed by atoms with van der Waals surface area (Å²) in [5, 5.41) is 3.32. The fourth-order valence-electron chi connectivity index (χ4n) is 2.63. The van der Waals surface area contributed by atoms with Crippen LogP contribution in [0.25, 0.3) is 0 Å². The third-order valence-corrected chi connectivity index (χ3v) is 3.49. The van der Waals surface area contributed by atoms with Gasteiger partial charge in [-0.05, 0) is 33.5 Å². The Morgan fingerprint density at radius 1 is 1.38 bits per heavy atom. The Hall–Kier alpha value is -0.120. The van der Waals surface area contributed by atoms with Gasteiger partial charge in [-0.15, -0.1) is 0 Å². The molecule has 1 aliphatic heterocycles. The zero-order valence-electron chi connectivity index (χ0n) is 11.2. The van der Waals surface area contributed by atoms with Crippen LogP contribution in [-0.2, 0) is 4.74 Å². The van der Waals surface area contributed by atoms with Crippen LogP contribution in [0.15, 0.2) is 0 Å². The molecule has 1 aliphatic rings. The fourth-order valence-corrected chi connectivity index (χ4v) is 2.63. The predicted molar refractivity (Wildman–Crippen MR) is 68.8 cm³/mol. The molecule has 0 bridgehead atoms. The summed E-state index contributed by atoms with van der Waals surface area (Å²) in [5.41, 5.74) is 0.357. The van der Waals surface area contributed by atoms with E-state index in [2.05, 4.69) is 24.2 Å². The van der Waals surface area contributed by atoms with Crippen molar-refractivity contribution in [1.82, 2.24) is 10.2 Å². The van der Waals surface area contributed by atoms with Gasteiger partial charge in [-0.2, -0.15) is 0 Å². The van der Waals surface area contributed by atoms with E-state index in [4.69, 9.17) is 4.74 Å². The van der Waals surface area contributed by atoms with E-state index < -0.39 is 0 Å². The van der Waals surface area contributed by atoms with Crippen molar-refractivity contribution in [2.45, 2.75) is 32.6 Å². The molecule has 0 amide bonds. The largest absolute Gasteiger partial charge is 0.381 e. The van der Waals surface area contributed by atoms with Crippen LogP contribution in [0.1, 0.15) is 32.6 Å². The highest BCUT2D eigenvalue weighted by Gasteiger charge is 2.35. The molecule has 1 N–H and O–H groups in total. The zero-order chi connectivity index (χ0) is 11.9. The maximum Gasteiger partial charge on any atom is 0.0547 e. The van der Waals surface area contributed by atoms with E-state index in [9.17, 15) is 0 Å². The van der Waals surface area contributed by atoms with Crippen molar-refractivity contribution < 1.29 is 4.74 Å². The minimum absolute atomic E-state index is 0.357. The van der Waals surface area contributed by atoms with Crippen LogP contribution < -0.4 is 5.32 Å². The van der Waals surface area contributed by atoms with Crippen LogP contribution in [0.4, 0.5) is 0 Å². The molecule has 3 nitrogen and oxygen atoms in total. The topological polar surface area (TPSA) is 24.5 Å². The molecule has 1 atom stereocenters. The molecule has 0 aromatic carbocycles. The van der Waals surface area contributed by atoms with Crippen LogP contribution in [0, 0.1) is 5.41 Å². The van der Waals surface area contributed by atoms with Crippen LogP contribution >= 0.6 is 0 Å². The molecule has 0 saturated carbocycles. The molecule has 16 heavy (non-hydrogen) atoms. The molecule has 1 unspecified atom stereocenters. The van der Waals surface area contributed by atoms with Crippen molar-refractivity contribution in [2.75, 3.05) is 46.9 Å². The first kappa shape index (κ1) is 13.9. The lowest BCUT2D eigenvalue weighted by Gasteiger charge is -2.32. The molecule has 96 valence electrons. The highest BCUT2D eigenvalue weighted by molar-refractivity contribution is 4.87. The van der Waals surface area contributed by atoms with Crippen LogP contribution in [0.3, 0.4) is 0 Å². The number of rotatable bonds is 8. The zero-order valence-corrected chi connectivity index (χ0v) is 11.2. The number of hydrogen-bond donors (Lipinski definition) is 1. The van der Waals surface area contributed by atoms with Gasteiger partial charge in [-0.1, -0.05) is 19.8 Å². The predicted octanol–water partition coefficient (Wildman–Crippen LogP) is 1.73. The summed E-state index contributed by atoms with van der Waals surface area (Å²) in [4.78, 5) is 2.47. The van der Waals surface area contributed by atoms with Gasteiger partial charge in [0, 0.05) is 25.1 Å². The number of unbranched alkanes of at least 4 members (excludes halogenated alkanes) is 2. The maximum absolute atomic E-state index is 5.57. The number of nitrogens with zero attached hydrogens (tertiary/aromatic N) is 1. The van der Waals surface area contributed by atoms with Crippen molar-refractivity contribution in [3.63, 3.8) is 0 Å². The smallest absolute Gasteiger partial charge is 0.0547 e. The van der Waals surface area contributed by atoms with Gasteiger partial charge < -0.3 is 15.0 Å². The Kier molecular flexibility index (Phi) is 6.32. The Morgan fingerprint density at radius 3 is 2.75 bits per heavy atom. The number of hydrogen-bond acceptors (Lipinski definition) is 3. The quantitative estimate of drug-likeness (QED) is 0.640. The maximum atomic E-state index is 5.57. The summed E-state index contributed by atoms with van der Waals surface area (Å²) < 4.78 is 5.57. The second-order valence-electron chi connectivity index (χ2n) is 5.28. The molecular weight excluding hydrogens is 200 g/mol. The monoisotopic (exact) mass is 228 g/mol. The standard InChI is InChI=1S/C13H28N2O/c1-4-5-6-8-15(3)11-13(10-14-2)7-9-16-12-13/h14H,4-12H2,1-3H3. The highest BCUT2D eigenvalue weighted by Crippen LogP contribution is 2.28. The average molecular weight is 228 g/mol. The number of nitrogens with one attached hydrogen (secondary N) is 1. The van der Waals surface area contributed by atoms with E-state index in [-0.39, 0.29) is 0 Å². The van der Waals surface area contributed by atoms with Gasteiger partial charge in [0.1, 0.15) is 0 Å². The third kappa shape index (κ3) is 4.40. The van der Waals surface area contributed by atoms with Gasteiger partial charge in [-0.3, -0.25) is 0 Å². The van der Waals surface area contributed by atoms with E-state index in [0.29, 0.717) is 5.41 Å². The van der Waals surface area contributed by atoms with Crippen molar-refractivity contribution in [3.05, 3.63) is 0 Å². The lowest BCUT2D eigenvalue weighted by molar-refractivity contribution is 0.120. The Morgan fingerprint density at radius 2 is 2.19 bits per heavy atom. The van der Waals surface area contributed by atoms with Gasteiger partial charge >= 0.3 is 0 Å². The molecule has 0 spiro atoms. The summed E-state index contributed by atoms with van der Waals surface area (Å²) >= 11 is 0. The van der Waals surface area contributed by atoms with Gasteiger partial charge in [0.05, 0.1) is 6.61 Å². The summed E-state index contributed by atoms with van der Waals surface area (Å²) in [7, 11) is 4.28. The molecule has 0 aliphatic carbocycles. The van der Waals surface area contributed by atoms with Crippen molar-refractivity contribution >= 4 is 0 Å². The molecule has 1 fully saturated rings. The summed E-state index contributed by atoms with van der Waals surface area (Å²) in [6.45, 7) is 7.58. The van der Waals surface area contributed by atoms with Crippen LogP contribution in [0.2, 0.25) is 0 Å². The lowest BCUT2D eigenvalue weighted by Crippen LogP contribution is -2.43. The molecule has 0 aromatic heterocycles. The Labute approximate surface area is 101 Å². The minimum atomic E-state index is 0.357. The molecule has 1 saturated heterocycles. The van der Waals surface area contributed by atoms with Crippen molar-refractivity contribution in [2.24, 2.45) is 5.41 Å². The van der Waals surface area contributed by atoms with Crippen LogP contribution in [-0.4, -0.2) is 51.8 Å². The van der Waals surface area contributed by atoms with E-state index >= 15 is 0 Å². The van der Waals surface area contributed by atoms with E-state index in [1.165, 1.54) is 32.2 Å². The second kappa shape index (κ2) is 7.25. The molecular formula is C13H28N2O. The van der Waals surface area contributed by atoms with E-state index in [1.807, 2.05) is 7.05 Å². The SMILES string of the molecule is CCCCCN(C)CC1(CNC)CCOC1. The number of ether oxygens (including phenoxy) is 1. The van der Waals surface area contributed by atoms with Gasteiger partial charge in [-0.25, -0.2) is 0 Å². The molecule has 1 heterocycles. The molecule has 0 aromatic rings. The van der Waals surface area contributed by atoms with Crippen molar-refractivity contribution in [1.29, 1.82) is 0 Å². The van der Waals surface area contributed by atoms with E-state index in [1.54, 1.807) is 0 Å². The first-order valence-electron chi connectivity index (χ1n) is 6.63. The first-order chi connectivity index (χ1) is 7.72.